The van der Waals surface area contributed by atoms with Crippen LogP contribution in [0.3, 0.4) is 0 Å². The summed E-state index contributed by atoms with van der Waals surface area (Å²) in [4.78, 5) is 13.2. The lowest BCUT2D eigenvalue weighted by molar-refractivity contribution is -0.123. The van der Waals surface area contributed by atoms with Crippen molar-refractivity contribution in [1.82, 2.24) is 10.2 Å². The molecule has 0 aromatic carbocycles. The Morgan fingerprint density at radius 1 is 1.57 bits per heavy atom. The van der Waals surface area contributed by atoms with Gasteiger partial charge in [-0.25, -0.2) is 0 Å². The number of aliphatic hydroxyl groups is 1. The van der Waals surface area contributed by atoms with Gasteiger partial charge in [-0.05, 0) is 33.9 Å². The molecule has 1 fully saturated rings. The summed E-state index contributed by atoms with van der Waals surface area (Å²) in [6.07, 6.45) is 2.00. The Hall–Kier alpha value is -0.610. The van der Waals surface area contributed by atoms with Crippen LogP contribution in [0.1, 0.15) is 19.8 Å². The van der Waals surface area contributed by atoms with Gasteiger partial charge in [0.05, 0.1) is 5.60 Å². The van der Waals surface area contributed by atoms with Gasteiger partial charge in [0.25, 0.3) is 0 Å². The first-order valence-corrected chi connectivity index (χ1v) is 5.05. The molecular weight excluding hydrogens is 180 g/mol. The summed E-state index contributed by atoms with van der Waals surface area (Å²) in [5.41, 5.74) is -0.839. The van der Waals surface area contributed by atoms with Crippen LogP contribution in [0.4, 0.5) is 0 Å². The minimum Gasteiger partial charge on any atom is -0.387 e. The van der Waals surface area contributed by atoms with Gasteiger partial charge in [-0.3, -0.25) is 4.79 Å². The van der Waals surface area contributed by atoms with Gasteiger partial charge < -0.3 is 15.3 Å². The van der Waals surface area contributed by atoms with E-state index in [2.05, 4.69) is 5.32 Å². The summed E-state index contributed by atoms with van der Waals surface area (Å²) in [5.74, 6) is 0.300. The summed E-state index contributed by atoms with van der Waals surface area (Å²) >= 11 is 0. The van der Waals surface area contributed by atoms with Gasteiger partial charge in [0.15, 0.2) is 0 Å². The molecule has 1 unspecified atom stereocenters. The van der Waals surface area contributed by atoms with Crippen molar-refractivity contribution in [3.8, 4) is 0 Å². The molecule has 0 heterocycles. The molecule has 2 N–H and O–H groups in total. The molecular formula is C10H20N2O2. The van der Waals surface area contributed by atoms with Crippen LogP contribution < -0.4 is 5.32 Å². The molecule has 14 heavy (non-hydrogen) atoms. The Labute approximate surface area is 85.3 Å². The molecule has 1 rings (SSSR count). The number of carbonyl (C=O) groups excluding carboxylic acids is 1. The van der Waals surface area contributed by atoms with Gasteiger partial charge in [0, 0.05) is 19.0 Å². The fraction of sp³-hybridized carbons (Fsp3) is 0.900. The van der Waals surface area contributed by atoms with Gasteiger partial charge >= 0.3 is 0 Å². The second-order valence-corrected chi connectivity index (χ2v) is 4.73. The van der Waals surface area contributed by atoms with Crippen molar-refractivity contribution in [3.63, 3.8) is 0 Å². The van der Waals surface area contributed by atoms with E-state index in [1.54, 1.807) is 6.92 Å². The van der Waals surface area contributed by atoms with E-state index in [1.165, 1.54) is 0 Å². The van der Waals surface area contributed by atoms with Crippen molar-refractivity contribution >= 4 is 5.91 Å². The molecule has 0 aromatic heterocycles. The van der Waals surface area contributed by atoms with Crippen molar-refractivity contribution in [1.29, 1.82) is 0 Å². The van der Waals surface area contributed by atoms with Crippen LogP contribution in [0.2, 0.25) is 0 Å². The number of amides is 1. The highest BCUT2D eigenvalue weighted by molar-refractivity contribution is 5.80. The number of nitrogens with zero attached hydrogens (tertiary/aromatic N) is 1. The average Bonchev–Trinajstić information content (AvgIpc) is 2.79. The minimum absolute atomic E-state index is 0.0871. The van der Waals surface area contributed by atoms with Crippen molar-refractivity contribution in [3.05, 3.63) is 0 Å². The maximum absolute atomic E-state index is 11.3. The quantitative estimate of drug-likeness (QED) is 0.647. The number of rotatable bonds is 5. The third-order valence-electron chi connectivity index (χ3n) is 2.25. The topological polar surface area (TPSA) is 52.6 Å². The standard InChI is InChI=1S/C10H20N2O2/c1-10(14,7-12(2)3)6-11-9(13)8-4-5-8/h8,14H,4-7H2,1-3H3,(H,11,13). The second-order valence-electron chi connectivity index (χ2n) is 4.73. The molecule has 0 bridgehead atoms. The largest absolute Gasteiger partial charge is 0.387 e. The third kappa shape index (κ3) is 4.07. The fourth-order valence-electron chi connectivity index (χ4n) is 1.50. The fourth-order valence-corrected chi connectivity index (χ4v) is 1.50. The average molecular weight is 200 g/mol. The first kappa shape index (κ1) is 11.5. The predicted molar refractivity (Wildman–Crippen MR) is 54.9 cm³/mol. The lowest BCUT2D eigenvalue weighted by atomic mass is 10.1. The highest BCUT2D eigenvalue weighted by atomic mass is 16.3. The summed E-state index contributed by atoms with van der Waals surface area (Å²) < 4.78 is 0. The van der Waals surface area contributed by atoms with E-state index in [4.69, 9.17) is 0 Å². The van der Waals surface area contributed by atoms with Crippen LogP contribution in [0.5, 0.6) is 0 Å². The Bertz CT molecular complexity index is 210. The second kappa shape index (κ2) is 4.28. The monoisotopic (exact) mass is 200 g/mol. The van der Waals surface area contributed by atoms with Crippen molar-refractivity contribution < 1.29 is 9.90 Å². The Morgan fingerprint density at radius 3 is 2.57 bits per heavy atom. The number of carbonyl (C=O) groups is 1. The summed E-state index contributed by atoms with van der Waals surface area (Å²) in [6, 6.07) is 0. The molecule has 4 nitrogen and oxygen atoms in total. The third-order valence-corrected chi connectivity index (χ3v) is 2.25. The zero-order valence-electron chi connectivity index (χ0n) is 9.21. The number of nitrogens with one attached hydrogen (secondary N) is 1. The van der Waals surface area contributed by atoms with Crippen LogP contribution in [0.25, 0.3) is 0 Å². The molecule has 0 spiro atoms. The molecule has 1 atom stereocenters. The number of hydrogen-bond donors (Lipinski definition) is 2. The molecule has 0 aromatic rings. The maximum atomic E-state index is 11.3. The zero-order valence-corrected chi connectivity index (χ0v) is 9.21. The summed E-state index contributed by atoms with van der Waals surface area (Å²) in [6.45, 7) is 2.62. The van der Waals surface area contributed by atoms with Crippen LogP contribution in [0.15, 0.2) is 0 Å². The molecule has 1 aliphatic rings. The van der Waals surface area contributed by atoms with E-state index < -0.39 is 5.60 Å². The van der Waals surface area contributed by atoms with Crippen LogP contribution in [-0.4, -0.2) is 48.7 Å². The molecule has 4 heteroatoms. The molecule has 0 aliphatic heterocycles. The first-order valence-electron chi connectivity index (χ1n) is 5.05. The normalized spacial score (nSPS) is 20.6. The first-order chi connectivity index (χ1) is 6.41. The van der Waals surface area contributed by atoms with Gasteiger partial charge in [0.1, 0.15) is 0 Å². The Morgan fingerprint density at radius 2 is 2.14 bits per heavy atom. The van der Waals surface area contributed by atoms with E-state index in [1.807, 2.05) is 19.0 Å². The SMILES string of the molecule is CN(C)CC(C)(O)CNC(=O)C1CC1. The predicted octanol–water partition coefficient (Wildman–Crippen LogP) is -0.175. The molecule has 0 saturated heterocycles. The van der Waals surface area contributed by atoms with Crippen LogP contribution in [0, 0.1) is 5.92 Å². The molecule has 1 amide bonds. The van der Waals surface area contributed by atoms with E-state index in [9.17, 15) is 9.90 Å². The van der Waals surface area contributed by atoms with Crippen molar-refractivity contribution in [2.75, 3.05) is 27.2 Å². The van der Waals surface area contributed by atoms with Gasteiger partial charge in [-0.1, -0.05) is 0 Å². The lowest BCUT2D eigenvalue weighted by Crippen LogP contribution is -2.47. The highest BCUT2D eigenvalue weighted by Gasteiger charge is 2.31. The smallest absolute Gasteiger partial charge is 0.223 e. The van der Waals surface area contributed by atoms with Crippen molar-refractivity contribution in [2.45, 2.75) is 25.4 Å². The molecule has 1 saturated carbocycles. The zero-order chi connectivity index (χ0) is 10.8. The molecule has 82 valence electrons. The number of likely N-dealkylation sites (N-methyl/N-ethyl adjacent to an activating group) is 1. The summed E-state index contributed by atoms with van der Waals surface area (Å²) in [7, 11) is 3.80. The van der Waals surface area contributed by atoms with E-state index in [-0.39, 0.29) is 11.8 Å². The van der Waals surface area contributed by atoms with E-state index in [0.717, 1.165) is 12.8 Å². The summed E-state index contributed by atoms with van der Waals surface area (Å²) in [5, 5.41) is 12.7. The van der Waals surface area contributed by atoms with Crippen LogP contribution >= 0.6 is 0 Å². The van der Waals surface area contributed by atoms with E-state index in [0.29, 0.717) is 13.1 Å². The highest BCUT2D eigenvalue weighted by Crippen LogP contribution is 2.28. The Kier molecular flexibility index (Phi) is 3.50. The van der Waals surface area contributed by atoms with Gasteiger partial charge in [-0.2, -0.15) is 0 Å². The Balaban J connectivity index is 2.23. The lowest BCUT2D eigenvalue weighted by Gasteiger charge is -2.27. The van der Waals surface area contributed by atoms with Gasteiger partial charge in [0.2, 0.25) is 5.91 Å². The minimum atomic E-state index is -0.839. The van der Waals surface area contributed by atoms with E-state index >= 15 is 0 Å². The van der Waals surface area contributed by atoms with Crippen molar-refractivity contribution in [2.24, 2.45) is 5.92 Å². The van der Waals surface area contributed by atoms with Gasteiger partial charge in [-0.15, -0.1) is 0 Å². The maximum Gasteiger partial charge on any atom is 0.223 e. The molecule has 0 radical (unpaired) electrons. The van der Waals surface area contributed by atoms with Crippen LogP contribution in [-0.2, 0) is 4.79 Å². The molecule has 1 aliphatic carbocycles. The number of hydrogen-bond acceptors (Lipinski definition) is 3.